The molecular weight excluding hydrogens is 377 g/mol. The first-order chi connectivity index (χ1) is 12.8. The van der Waals surface area contributed by atoms with Crippen LogP contribution in [0.1, 0.15) is 40.3 Å². The summed E-state index contributed by atoms with van der Waals surface area (Å²) in [6.07, 6.45) is -0.459. The minimum Gasteiger partial charge on any atom is -0.345 e. The van der Waals surface area contributed by atoms with Crippen molar-refractivity contribution >= 4 is 17.2 Å². The molecule has 3 aromatic heterocycles. The fourth-order valence-electron chi connectivity index (χ4n) is 2.70. The van der Waals surface area contributed by atoms with Crippen LogP contribution in [0.2, 0.25) is 0 Å². The Morgan fingerprint density at radius 1 is 1.26 bits per heavy atom. The molecule has 3 rings (SSSR count). The van der Waals surface area contributed by atoms with Crippen LogP contribution < -0.4 is 5.32 Å². The van der Waals surface area contributed by atoms with E-state index in [1.807, 2.05) is 19.1 Å². The molecule has 0 fully saturated rings. The summed E-state index contributed by atoms with van der Waals surface area (Å²) in [6, 6.07) is 7.69. The van der Waals surface area contributed by atoms with Gasteiger partial charge >= 0.3 is 6.18 Å². The minimum atomic E-state index is -4.48. The molecule has 0 aliphatic carbocycles. The molecule has 0 aromatic carbocycles. The Morgan fingerprint density at radius 2 is 1.96 bits per heavy atom. The molecule has 0 bridgehead atoms. The zero-order valence-corrected chi connectivity index (χ0v) is 15.4. The van der Waals surface area contributed by atoms with E-state index in [0.29, 0.717) is 16.2 Å². The van der Waals surface area contributed by atoms with Gasteiger partial charge in [0.05, 0.1) is 15.8 Å². The van der Waals surface area contributed by atoms with Crippen molar-refractivity contribution in [2.75, 3.05) is 0 Å². The molecule has 1 unspecified atom stereocenters. The van der Waals surface area contributed by atoms with Gasteiger partial charge in [-0.25, -0.2) is 0 Å². The molecule has 0 spiro atoms. The van der Waals surface area contributed by atoms with Gasteiger partial charge in [0.2, 0.25) is 0 Å². The molecule has 0 aliphatic heterocycles. The largest absolute Gasteiger partial charge is 0.433 e. The second kappa shape index (κ2) is 7.51. The van der Waals surface area contributed by atoms with Gasteiger partial charge in [0.1, 0.15) is 11.4 Å². The van der Waals surface area contributed by atoms with Crippen LogP contribution in [0.15, 0.2) is 42.7 Å². The number of rotatable bonds is 5. The number of halogens is 3. The number of hydrogen-bond donors (Lipinski definition) is 1. The van der Waals surface area contributed by atoms with Crippen LogP contribution in [0.4, 0.5) is 13.2 Å². The summed E-state index contributed by atoms with van der Waals surface area (Å²) >= 11 is 1.11. The number of nitrogens with one attached hydrogen (secondary N) is 1. The molecule has 1 atom stereocenters. The lowest BCUT2D eigenvalue weighted by molar-refractivity contribution is -0.143. The average molecular weight is 394 g/mol. The molecule has 0 saturated heterocycles. The van der Waals surface area contributed by atoms with Gasteiger partial charge < -0.3 is 5.32 Å². The quantitative estimate of drug-likeness (QED) is 0.696. The maximum atomic E-state index is 12.9. The zero-order chi connectivity index (χ0) is 19.6. The van der Waals surface area contributed by atoms with Gasteiger partial charge in [0.15, 0.2) is 0 Å². The predicted octanol–water partition coefficient (Wildman–Crippen LogP) is 4.44. The predicted molar refractivity (Wildman–Crippen MR) is 96.3 cm³/mol. The first-order valence-corrected chi connectivity index (χ1v) is 9.03. The van der Waals surface area contributed by atoms with Crippen molar-refractivity contribution in [2.24, 2.45) is 7.05 Å². The highest BCUT2D eigenvalue weighted by Gasteiger charge is 2.35. The number of thiophene rings is 1. The van der Waals surface area contributed by atoms with Crippen LogP contribution in [0.25, 0.3) is 10.6 Å². The third kappa shape index (κ3) is 4.19. The number of aromatic nitrogens is 3. The molecule has 142 valence electrons. The lowest BCUT2D eigenvalue weighted by Crippen LogP contribution is -2.27. The first kappa shape index (κ1) is 19.1. The van der Waals surface area contributed by atoms with Crippen molar-refractivity contribution in [3.63, 3.8) is 0 Å². The normalized spacial score (nSPS) is 12.8. The van der Waals surface area contributed by atoms with Gasteiger partial charge in [-0.1, -0.05) is 6.92 Å². The monoisotopic (exact) mass is 394 g/mol. The first-order valence-electron chi connectivity index (χ1n) is 8.21. The van der Waals surface area contributed by atoms with E-state index in [0.717, 1.165) is 27.6 Å². The molecule has 3 heterocycles. The molecule has 0 aliphatic rings. The van der Waals surface area contributed by atoms with Crippen LogP contribution in [0, 0.1) is 0 Å². The van der Waals surface area contributed by atoms with Crippen LogP contribution in [-0.4, -0.2) is 20.7 Å². The highest BCUT2D eigenvalue weighted by Crippen LogP contribution is 2.34. The molecule has 0 saturated carbocycles. The average Bonchev–Trinajstić information content (AvgIpc) is 3.26. The topological polar surface area (TPSA) is 59.8 Å². The number of alkyl halides is 3. The van der Waals surface area contributed by atoms with Gasteiger partial charge in [0, 0.05) is 19.4 Å². The summed E-state index contributed by atoms with van der Waals surface area (Å²) in [6.45, 7) is 1.96. The standard InChI is InChI=1S/C18H17F3N4OS/c1-3-12(11-6-8-22-9-7-11)23-17(26)15-5-4-14(27-15)13-10-16(18(19,20)21)25(2)24-13/h4-10,12H,3H2,1-2H3,(H,23,26). The summed E-state index contributed by atoms with van der Waals surface area (Å²) in [5.41, 5.74) is 0.299. The SMILES string of the molecule is CCC(NC(=O)c1ccc(-c2cc(C(F)(F)F)n(C)n2)s1)c1ccncc1. The minimum absolute atomic E-state index is 0.169. The summed E-state index contributed by atoms with van der Waals surface area (Å²) in [4.78, 5) is 17.4. The Kier molecular flexibility index (Phi) is 5.31. The van der Waals surface area contributed by atoms with Crippen LogP contribution >= 0.6 is 11.3 Å². The van der Waals surface area contributed by atoms with Crippen molar-refractivity contribution in [1.29, 1.82) is 0 Å². The Hall–Kier alpha value is -2.68. The van der Waals surface area contributed by atoms with Crippen molar-refractivity contribution < 1.29 is 18.0 Å². The summed E-state index contributed by atoms with van der Waals surface area (Å²) in [7, 11) is 1.24. The van der Waals surface area contributed by atoms with E-state index in [2.05, 4.69) is 15.4 Å². The van der Waals surface area contributed by atoms with Crippen molar-refractivity contribution in [3.8, 4) is 10.6 Å². The van der Waals surface area contributed by atoms with Gasteiger partial charge in [-0.05, 0) is 42.3 Å². The van der Waals surface area contributed by atoms with Gasteiger partial charge in [0.25, 0.3) is 5.91 Å². The molecule has 1 N–H and O–H groups in total. The smallest absolute Gasteiger partial charge is 0.345 e. The molecule has 1 amide bonds. The van der Waals surface area contributed by atoms with Crippen LogP contribution in [-0.2, 0) is 13.2 Å². The molecular formula is C18H17F3N4OS. The highest BCUT2D eigenvalue weighted by atomic mass is 32.1. The Morgan fingerprint density at radius 3 is 2.56 bits per heavy atom. The molecule has 9 heteroatoms. The van der Waals surface area contributed by atoms with Gasteiger partial charge in [-0.15, -0.1) is 11.3 Å². The van der Waals surface area contributed by atoms with Crippen molar-refractivity contribution in [2.45, 2.75) is 25.6 Å². The van der Waals surface area contributed by atoms with E-state index in [1.54, 1.807) is 24.5 Å². The Bertz CT molecular complexity index is 934. The number of amides is 1. The maximum absolute atomic E-state index is 12.9. The van der Waals surface area contributed by atoms with E-state index in [-0.39, 0.29) is 17.6 Å². The Balaban J connectivity index is 1.78. The number of hydrogen-bond acceptors (Lipinski definition) is 4. The van der Waals surface area contributed by atoms with Gasteiger partial charge in [-0.3, -0.25) is 14.5 Å². The molecule has 27 heavy (non-hydrogen) atoms. The third-order valence-electron chi connectivity index (χ3n) is 4.07. The fourth-order valence-corrected chi connectivity index (χ4v) is 3.56. The summed E-state index contributed by atoms with van der Waals surface area (Å²) in [5, 5.41) is 6.86. The summed E-state index contributed by atoms with van der Waals surface area (Å²) < 4.78 is 39.6. The lowest BCUT2D eigenvalue weighted by Gasteiger charge is -2.16. The van der Waals surface area contributed by atoms with Gasteiger partial charge in [-0.2, -0.15) is 18.3 Å². The van der Waals surface area contributed by atoms with E-state index in [1.165, 1.54) is 7.05 Å². The zero-order valence-electron chi connectivity index (χ0n) is 14.6. The van der Waals surface area contributed by atoms with E-state index >= 15 is 0 Å². The highest BCUT2D eigenvalue weighted by molar-refractivity contribution is 7.17. The fraction of sp³-hybridized carbons (Fsp3) is 0.278. The number of carbonyl (C=O) groups is 1. The van der Waals surface area contributed by atoms with Crippen molar-refractivity contribution in [1.82, 2.24) is 20.1 Å². The third-order valence-corrected chi connectivity index (χ3v) is 5.18. The maximum Gasteiger partial charge on any atom is 0.433 e. The van der Waals surface area contributed by atoms with E-state index < -0.39 is 11.9 Å². The second-order valence-electron chi connectivity index (χ2n) is 5.91. The summed E-state index contributed by atoms with van der Waals surface area (Å²) in [5.74, 6) is -0.276. The number of aryl methyl sites for hydroxylation is 1. The van der Waals surface area contributed by atoms with Crippen LogP contribution in [0.3, 0.4) is 0 Å². The molecule has 5 nitrogen and oxygen atoms in total. The second-order valence-corrected chi connectivity index (χ2v) is 7.00. The van der Waals surface area contributed by atoms with E-state index in [4.69, 9.17) is 0 Å². The van der Waals surface area contributed by atoms with Crippen molar-refractivity contribution in [3.05, 3.63) is 58.9 Å². The Labute approximate surface area is 157 Å². The number of nitrogens with zero attached hydrogens (tertiary/aromatic N) is 3. The van der Waals surface area contributed by atoms with Crippen LogP contribution in [0.5, 0.6) is 0 Å². The number of carbonyl (C=O) groups excluding carboxylic acids is 1. The molecule has 0 radical (unpaired) electrons. The van der Waals surface area contributed by atoms with E-state index in [9.17, 15) is 18.0 Å². The molecule has 3 aromatic rings. The lowest BCUT2D eigenvalue weighted by atomic mass is 10.1. The number of pyridine rings is 1.